The maximum absolute atomic E-state index is 11.5. The van der Waals surface area contributed by atoms with Crippen molar-refractivity contribution < 1.29 is 59.6 Å². The number of hydrogen-bond donors (Lipinski definition) is 0. The van der Waals surface area contributed by atoms with Gasteiger partial charge in [-0.1, -0.05) is 6.08 Å². The maximum atomic E-state index is 11.5. The van der Waals surface area contributed by atoms with E-state index >= 15 is 0 Å². The molecule has 1 saturated heterocycles. The molecule has 10 heteroatoms. The third-order valence-corrected chi connectivity index (χ3v) is 2.04. The zero-order chi connectivity index (χ0) is 20.5. The van der Waals surface area contributed by atoms with E-state index in [0.717, 1.165) is 0 Å². The summed E-state index contributed by atoms with van der Waals surface area (Å²) in [4.78, 5) is 33.8. The zero-order valence-corrected chi connectivity index (χ0v) is 15.0. The molecule has 1 aliphatic heterocycles. The van der Waals surface area contributed by atoms with Crippen molar-refractivity contribution in [2.75, 3.05) is 7.11 Å². The molecule has 140 valence electrons. The normalized spacial score (nSPS) is 13.0. The second-order valence-electron chi connectivity index (χ2n) is 4.03. The van der Waals surface area contributed by atoms with Crippen LogP contribution in [-0.2, 0) is 59.6 Å². The second kappa shape index (κ2) is 19.2. The first kappa shape index (κ1) is 31.6. The molecule has 4 radical (unpaired) electrons. The van der Waals surface area contributed by atoms with Crippen molar-refractivity contribution in [3.63, 3.8) is 0 Å². The van der Waals surface area contributed by atoms with E-state index in [0.29, 0.717) is 0 Å². The summed E-state index contributed by atoms with van der Waals surface area (Å²) >= 11 is 0. The van der Waals surface area contributed by atoms with E-state index in [9.17, 15) is 14.4 Å². The van der Waals surface area contributed by atoms with E-state index < -0.39 is 23.7 Å². The third kappa shape index (κ3) is 14.3. The van der Waals surface area contributed by atoms with Crippen molar-refractivity contribution in [2.45, 2.75) is 19.6 Å². The van der Waals surface area contributed by atoms with E-state index in [1.54, 1.807) is 0 Å². The average Bonchev–Trinajstić information content (AvgIpc) is 2.60. The van der Waals surface area contributed by atoms with Crippen molar-refractivity contribution in [1.82, 2.24) is 0 Å². The Morgan fingerprint density at radius 3 is 1.77 bits per heavy atom. The topological polar surface area (TPSA) is 139 Å². The molecule has 1 heterocycles. The number of hydrogen-bond acceptors (Lipinski definition) is 6. The van der Waals surface area contributed by atoms with Gasteiger partial charge in [0.15, 0.2) is 0 Å². The fourth-order valence-electron chi connectivity index (χ4n) is 1.21. The van der Waals surface area contributed by atoms with Gasteiger partial charge >= 0.3 is 51.8 Å². The summed E-state index contributed by atoms with van der Waals surface area (Å²) in [5, 5.41) is 0. The van der Waals surface area contributed by atoms with Gasteiger partial charge in [0.25, 0.3) is 5.79 Å². The molecule has 1 aliphatic rings. The van der Waals surface area contributed by atoms with Gasteiger partial charge in [0.2, 0.25) is 0 Å². The first-order valence-corrected chi connectivity index (χ1v) is 6.06. The summed E-state index contributed by atoms with van der Waals surface area (Å²) in [6, 6.07) is 0. The average molecular weight is 406 g/mol. The first-order chi connectivity index (χ1) is 11.9. The molecule has 9 nitrogen and oxygen atoms in total. The van der Waals surface area contributed by atoms with Gasteiger partial charge < -0.3 is 14.2 Å². The van der Waals surface area contributed by atoms with E-state index in [1.807, 2.05) is 0 Å². The number of unbranched alkanes of at least 4 members (excludes halogenated alkanes) is 2. The molecule has 0 amide bonds. The van der Waals surface area contributed by atoms with Gasteiger partial charge in [0.1, 0.15) is 5.57 Å². The molecule has 0 spiro atoms. The fraction of sp³-hybridized carbons (Fsp3) is 0.250. The smallest absolute Gasteiger partial charge is 0 e. The largest absolute Gasteiger partial charge is 0 e. The SMILES string of the molecule is COC(=O)[CH][CH][CH][CH]C=C1C(=O)OC(C)(C)OC1=O.[C-]#[O+].[C-]#[O+].[C-]#[O+].[Fe]. The summed E-state index contributed by atoms with van der Waals surface area (Å²) in [7, 11) is 1.26. The van der Waals surface area contributed by atoms with Gasteiger partial charge in [-0.3, -0.25) is 4.79 Å². The van der Waals surface area contributed by atoms with Crippen LogP contribution in [0.4, 0.5) is 0 Å². The number of allylic oxidation sites excluding steroid dienone is 1. The van der Waals surface area contributed by atoms with Crippen LogP contribution < -0.4 is 0 Å². The van der Waals surface area contributed by atoms with Crippen LogP contribution in [0.25, 0.3) is 0 Å². The number of rotatable bonds is 5. The summed E-state index contributed by atoms with van der Waals surface area (Å²) in [5.74, 6) is -3.25. The first-order valence-electron chi connectivity index (χ1n) is 6.06. The minimum Gasteiger partial charge on any atom is 0 e. The fourth-order valence-corrected chi connectivity index (χ4v) is 1.21. The molecular formula is C16H14FeO9. The van der Waals surface area contributed by atoms with Crippen LogP contribution in [-0.4, -0.2) is 30.8 Å². The van der Waals surface area contributed by atoms with E-state index in [4.69, 9.17) is 23.4 Å². The molecule has 0 saturated carbocycles. The number of cyclic esters (lactones) is 2. The Hall–Kier alpha value is -2.11. The van der Waals surface area contributed by atoms with E-state index in [-0.39, 0.29) is 22.6 Å². The molecule has 0 unspecified atom stereocenters. The summed E-state index contributed by atoms with van der Waals surface area (Å²) < 4.78 is 36.7. The molecule has 0 N–H and O–H groups in total. The number of ether oxygens (including phenoxy) is 3. The van der Waals surface area contributed by atoms with Crippen molar-refractivity contribution in [2.24, 2.45) is 0 Å². The van der Waals surface area contributed by atoms with Gasteiger partial charge in [0, 0.05) is 30.9 Å². The molecular weight excluding hydrogens is 392 g/mol. The van der Waals surface area contributed by atoms with E-state index in [2.05, 4.69) is 24.7 Å². The number of methoxy groups -OCH3 is 1. The summed E-state index contributed by atoms with van der Waals surface area (Å²) in [6.07, 6.45) is 6.73. The minimum atomic E-state index is -1.25. The van der Waals surface area contributed by atoms with Crippen molar-refractivity contribution in [3.8, 4) is 0 Å². The Morgan fingerprint density at radius 1 is 0.962 bits per heavy atom. The van der Waals surface area contributed by atoms with Gasteiger partial charge in [-0.2, -0.15) is 0 Å². The third-order valence-electron chi connectivity index (χ3n) is 2.04. The number of esters is 3. The Kier molecular flexibility index (Phi) is 23.4. The molecule has 0 aromatic rings. The summed E-state index contributed by atoms with van der Waals surface area (Å²) in [5.41, 5.74) is -0.206. The second-order valence-corrected chi connectivity index (χ2v) is 4.03. The van der Waals surface area contributed by atoms with Crippen molar-refractivity contribution >= 4 is 17.9 Å². The Balaban J connectivity index is -0.000000312. The van der Waals surface area contributed by atoms with Crippen LogP contribution in [0.15, 0.2) is 11.6 Å². The molecule has 26 heavy (non-hydrogen) atoms. The molecule has 0 aliphatic carbocycles. The van der Waals surface area contributed by atoms with Crippen LogP contribution in [0.2, 0.25) is 0 Å². The Labute approximate surface area is 162 Å². The minimum absolute atomic E-state index is 0. The van der Waals surface area contributed by atoms with Gasteiger partial charge in [-0.05, 0) is 19.3 Å². The molecule has 0 atom stereocenters. The molecule has 0 bridgehead atoms. The molecule has 0 aromatic carbocycles. The molecule has 0 aromatic heterocycles. The van der Waals surface area contributed by atoms with Crippen LogP contribution >= 0.6 is 0 Å². The molecule has 1 fully saturated rings. The van der Waals surface area contributed by atoms with Crippen LogP contribution in [0, 0.1) is 45.6 Å². The quantitative estimate of drug-likeness (QED) is 0.125. The Morgan fingerprint density at radius 2 is 1.38 bits per heavy atom. The van der Waals surface area contributed by atoms with Crippen molar-refractivity contribution in [1.29, 1.82) is 0 Å². The number of carbonyl (C=O) groups excluding carboxylic acids is 3. The monoisotopic (exact) mass is 406 g/mol. The predicted molar refractivity (Wildman–Crippen MR) is 75.4 cm³/mol. The summed E-state index contributed by atoms with van der Waals surface area (Å²) in [6.45, 7) is 16.4. The van der Waals surface area contributed by atoms with Gasteiger partial charge in [-0.15, -0.1) is 0 Å². The van der Waals surface area contributed by atoms with Crippen LogP contribution in [0.5, 0.6) is 0 Å². The van der Waals surface area contributed by atoms with Gasteiger partial charge in [0.05, 0.1) is 13.5 Å². The number of carbonyl (C=O) groups is 3. The van der Waals surface area contributed by atoms with Gasteiger partial charge in [-0.25, -0.2) is 9.59 Å². The van der Waals surface area contributed by atoms with Crippen LogP contribution in [0.1, 0.15) is 13.8 Å². The maximum Gasteiger partial charge on any atom is 0 e. The Bertz CT molecular complexity index is 493. The van der Waals surface area contributed by atoms with E-state index in [1.165, 1.54) is 52.7 Å². The predicted octanol–water partition coefficient (Wildman–Crippen LogP) is 0.624. The molecule has 1 rings (SSSR count). The zero-order valence-electron chi connectivity index (χ0n) is 13.9. The van der Waals surface area contributed by atoms with Crippen LogP contribution in [0.3, 0.4) is 0 Å². The van der Waals surface area contributed by atoms with Crippen molar-refractivity contribution in [3.05, 3.63) is 57.3 Å². The standard InChI is InChI=1S/C13H14O6.3CO.Fe/c1-13(2)18-11(15)9(12(16)19-13)7-5-4-6-8-10(14)17-3;3*1-2;/h4-8H,1-3H3;;;;.